The fourth-order valence-corrected chi connectivity index (χ4v) is 3.61. The molecule has 0 aliphatic carbocycles. The first-order chi connectivity index (χ1) is 16.1. The van der Waals surface area contributed by atoms with Crippen LogP contribution >= 0.6 is 11.8 Å². The van der Waals surface area contributed by atoms with Gasteiger partial charge in [0.25, 0.3) is 11.1 Å². The van der Waals surface area contributed by atoms with Crippen LogP contribution in [0.15, 0.2) is 81.5 Å². The number of aryl methyl sites for hydroxylation is 1. The molecule has 0 bridgehead atoms. The molecule has 0 unspecified atom stereocenters. The summed E-state index contributed by atoms with van der Waals surface area (Å²) < 4.78 is 16.9. The molecule has 8 heteroatoms. The molecule has 1 aromatic heterocycles. The number of carbonyl (C=O) groups excluding carboxylic acids is 1. The van der Waals surface area contributed by atoms with Crippen LogP contribution in [0, 0.1) is 6.92 Å². The summed E-state index contributed by atoms with van der Waals surface area (Å²) in [6.45, 7) is 2.49. The second kappa shape index (κ2) is 10.7. The van der Waals surface area contributed by atoms with Gasteiger partial charge in [-0.15, -0.1) is 0 Å². The van der Waals surface area contributed by atoms with Gasteiger partial charge in [0, 0.05) is 0 Å². The standard InChI is InChI=1S/C25H23N3O4S/c1-17-7-9-18(10-8-17)15-31-22-12-11-19(13-23(22)30-2)14-26-28-24(29)16-33-25-27-20-5-3-4-6-21(20)32-25/h3-14H,15-16H2,1-2H3,(H,28,29)/b26-14+. The third-order valence-corrected chi connectivity index (χ3v) is 5.53. The molecule has 1 heterocycles. The van der Waals surface area contributed by atoms with E-state index in [-0.39, 0.29) is 11.7 Å². The number of nitrogens with zero attached hydrogens (tertiary/aromatic N) is 2. The summed E-state index contributed by atoms with van der Waals surface area (Å²) in [6, 6.07) is 21.1. The van der Waals surface area contributed by atoms with E-state index in [9.17, 15) is 4.79 Å². The van der Waals surface area contributed by atoms with Gasteiger partial charge in [0.05, 0.1) is 19.1 Å². The van der Waals surface area contributed by atoms with Gasteiger partial charge in [0.1, 0.15) is 12.1 Å². The predicted octanol–water partition coefficient (Wildman–Crippen LogP) is 4.97. The molecule has 0 saturated heterocycles. The Morgan fingerprint density at radius 2 is 1.94 bits per heavy atom. The van der Waals surface area contributed by atoms with E-state index in [2.05, 4.69) is 27.6 Å². The molecule has 4 aromatic rings. The predicted molar refractivity (Wildman–Crippen MR) is 129 cm³/mol. The molecule has 4 rings (SSSR count). The summed E-state index contributed by atoms with van der Waals surface area (Å²) >= 11 is 1.21. The Morgan fingerprint density at radius 3 is 2.73 bits per heavy atom. The zero-order valence-corrected chi connectivity index (χ0v) is 19.1. The van der Waals surface area contributed by atoms with E-state index >= 15 is 0 Å². The van der Waals surface area contributed by atoms with Gasteiger partial charge in [-0.2, -0.15) is 5.10 Å². The number of carbonyl (C=O) groups is 1. The van der Waals surface area contributed by atoms with Crippen LogP contribution in [0.3, 0.4) is 0 Å². The molecular formula is C25H23N3O4S. The van der Waals surface area contributed by atoms with Crippen LogP contribution in [-0.4, -0.2) is 30.0 Å². The van der Waals surface area contributed by atoms with E-state index in [1.807, 2.05) is 55.5 Å². The molecule has 0 aliphatic rings. The van der Waals surface area contributed by atoms with Gasteiger partial charge in [-0.1, -0.05) is 53.7 Å². The number of hydrazone groups is 1. The van der Waals surface area contributed by atoms with E-state index in [1.54, 1.807) is 19.4 Å². The molecule has 0 saturated carbocycles. The van der Waals surface area contributed by atoms with Crippen molar-refractivity contribution in [1.29, 1.82) is 0 Å². The maximum atomic E-state index is 12.1. The topological polar surface area (TPSA) is 86.0 Å². The summed E-state index contributed by atoms with van der Waals surface area (Å²) in [5.74, 6) is 1.10. The van der Waals surface area contributed by atoms with Crippen LogP contribution in [0.5, 0.6) is 11.5 Å². The summed E-state index contributed by atoms with van der Waals surface area (Å²) in [5.41, 5.74) is 7.01. The fourth-order valence-electron chi connectivity index (χ4n) is 2.98. The van der Waals surface area contributed by atoms with Crippen LogP contribution < -0.4 is 14.9 Å². The first-order valence-corrected chi connectivity index (χ1v) is 11.3. The van der Waals surface area contributed by atoms with Gasteiger partial charge in [-0.25, -0.2) is 10.4 Å². The maximum absolute atomic E-state index is 12.1. The molecule has 0 fully saturated rings. The second-order valence-electron chi connectivity index (χ2n) is 7.21. The van der Waals surface area contributed by atoms with Crippen LogP contribution in [-0.2, 0) is 11.4 Å². The highest BCUT2D eigenvalue weighted by molar-refractivity contribution is 7.99. The number of ether oxygens (including phenoxy) is 2. The number of fused-ring (bicyclic) bond motifs is 1. The number of amides is 1. The van der Waals surface area contributed by atoms with Crippen LogP contribution in [0.2, 0.25) is 0 Å². The quantitative estimate of drug-likeness (QED) is 0.215. The number of hydrogen-bond donors (Lipinski definition) is 1. The highest BCUT2D eigenvalue weighted by Gasteiger charge is 2.09. The summed E-state index contributed by atoms with van der Waals surface area (Å²) in [5, 5.41) is 4.46. The number of aromatic nitrogens is 1. The first-order valence-electron chi connectivity index (χ1n) is 10.3. The van der Waals surface area contributed by atoms with Crippen molar-refractivity contribution in [2.75, 3.05) is 12.9 Å². The average Bonchev–Trinajstić information content (AvgIpc) is 3.26. The highest BCUT2D eigenvalue weighted by Crippen LogP contribution is 2.28. The van der Waals surface area contributed by atoms with Crippen LogP contribution in [0.4, 0.5) is 0 Å². The molecule has 33 heavy (non-hydrogen) atoms. The Morgan fingerprint density at radius 1 is 1.12 bits per heavy atom. The Labute approximate surface area is 195 Å². The van der Waals surface area contributed by atoms with E-state index in [4.69, 9.17) is 13.9 Å². The van der Waals surface area contributed by atoms with Crippen molar-refractivity contribution < 1.29 is 18.7 Å². The molecule has 7 nitrogen and oxygen atoms in total. The Kier molecular flexibility index (Phi) is 7.26. The first kappa shape index (κ1) is 22.4. The Bertz CT molecular complexity index is 1240. The average molecular weight is 462 g/mol. The smallest absolute Gasteiger partial charge is 0.257 e. The van der Waals surface area contributed by atoms with Crippen molar-refractivity contribution in [2.45, 2.75) is 18.8 Å². The number of hydrogen-bond acceptors (Lipinski definition) is 7. The molecular weight excluding hydrogens is 438 g/mol. The van der Waals surface area contributed by atoms with Crippen LogP contribution in [0.25, 0.3) is 11.1 Å². The highest BCUT2D eigenvalue weighted by atomic mass is 32.2. The Hall–Kier alpha value is -3.78. The van der Waals surface area contributed by atoms with Gasteiger partial charge in [-0.05, 0) is 48.4 Å². The van der Waals surface area contributed by atoms with E-state index in [1.165, 1.54) is 17.3 Å². The molecule has 1 N–H and O–H groups in total. The zero-order valence-electron chi connectivity index (χ0n) is 18.3. The SMILES string of the molecule is COc1cc(/C=N/NC(=O)CSc2nc3ccccc3o2)ccc1OCc1ccc(C)cc1. The van der Waals surface area contributed by atoms with Crippen molar-refractivity contribution >= 4 is 35.0 Å². The molecule has 0 atom stereocenters. The maximum Gasteiger partial charge on any atom is 0.257 e. The van der Waals surface area contributed by atoms with E-state index < -0.39 is 0 Å². The molecule has 0 radical (unpaired) electrons. The van der Waals surface area contributed by atoms with Crippen molar-refractivity contribution in [3.05, 3.63) is 83.4 Å². The Balaban J connectivity index is 1.28. The summed E-state index contributed by atoms with van der Waals surface area (Å²) in [7, 11) is 1.58. The van der Waals surface area contributed by atoms with Crippen molar-refractivity contribution in [2.24, 2.45) is 5.10 Å². The largest absolute Gasteiger partial charge is 0.493 e. The number of oxazole rings is 1. The van der Waals surface area contributed by atoms with Gasteiger partial charge in [-0.3, -0.25) is 4.79 Å². The number of methoxy groups -OCH3 is 1. The number of para-hydroxylation sites is 2. The van der Waals surface area contributed by atoms with Gasteiger partial charge >= 0.3 is 0 Å². The lowest BCUT2D eigenvalue weighted by atomic mass is 10.2. The lowest BCUT2D eigenvalue weighted by Gasteiger charge is -2.11. The number of nitrogens with one attached hydrogen (secondary N) is 1. The van der Waals surface area contributed by atoms with E-state index in [0.717, 1.165) is 16.6 Å². The fraction of sp³-hybridized carbons (Fsp3) is 0.160. The van der Waals surface area contributed by atoms with E-state index in [0.29, 0.717) is 28.9 Å². The normalized spacial score (nSPS) is 11.1. The van der Waals surface area contributed by atoms with Crippen LogP contribution in [0.1, 0.15) is 16.7 Å². The minimum Gasteiger partial charge on any atom is -0.493 e. The number of benzene rings is 3. The minimum atomic E-state index is -0.261. The number of thioether (sulfide) groups is 1. The summed E-state index contributed by atoms with van der Waals surface area (Å²) in [6.07, 6.45) is 1.55. The zero-order chi connectivity index (χ0) is 23.0. The van der Waals surface area contributed by atoms with Crippen molar-refractivity contribution in [3.8, 4) is 11.5 Å². The summed E-state index contributed by atoms with van der Waals surface area (Å²) in [4.78, 5) is 16.4. The monoisotopic (exact) mass is 461 g/mol. The number of rotatable bonds is 9. The van der Waals surface area contributed by atoms with Gasteiger partial charge < -0.3 is 13.9 Å². The lowest BCUT2D eigenvalue weighted by molar-refractivity contribution is -0.118. The molecule has 0 aliphatic heterocycles. The molecule has 168 valence electrons. The van der Waals surface area contributed by atoms with Gasteiger partial charge in [0.2, 0.25) is 0 Å². The second-order valence-corrected chi connectivity index (χ2v) is 8.14. The lowest BCUT2D eigenvalue weighted by Crippen LogP contribution is -2.19. The molecule has 0 spiro atoms. The molecule has 3 aromatic carbocycles. The minimum absolute atomic E-state index is 0.138. The van der Waals surface area contributed by atoms with Crippen molar-refractivity contribution in [3.63, 3.8) is 0 Å². The molecule has 1 amide bonds. The van der Waals surface area contributed by atoms with Gasteiger partial charge in [0.15, 0.2) is 17.1 Å². The van der Waals surface area contributed by atoms with Crippen molar-refractivity contribution in [1.82, 2.24) is 10.4 Å². The third kappa shape index (κ3) is 6.14. The third-order valence-electron chi connectivity index (χ3n) is 4.71.